The lowest BCUT2D eigenvalue weighted by atomic mass is 10.1. The normalized spacial score (nSPS) is 10.1. The SMILES string of the molecule is CC(C)C(=O)OCc1ccccc1.CC(C)CC(=O)OCc1ccccc1. The first-order valence-corrected chi connectivity index (χ1v) is 9.28. The molecule has 2 rings (SSSR count). The van der Waals surface area contributed by atoms with E-state index in [1.807, 2.05) is 88.4 Å². The predicted octanol–water partition coefficient (Wildman–Crippen LogP) is 5.16. The maximum atomic E-state index is 11.2. The molecule has 0 atom stereocenters. The van der Waals surface area contributed by atoms with Crippen molar-refractivity contribution in [2.45, 2.75) is 47.3 Å². The van der Waals surface area contributed by atoms with Gasteiger partial charge in [0.05, 0.1) is 5.92 Å². The number of ether oxygens (including phenoxy) is 2. The molecule has 0 amide bonds. The molecule has 2 aromatic carbocycles. The number of benzene rings is 2. The second-order valence-corrected chi connectivity index (χ2v) is 6.99. The Morgan fingerprint density at radius 1 is 0.741 bits per heavy atom. The summed E-state index contributed by atoms with van der Waals surface area (Å²) in [6.07, 6.45) is 0.493. The average Bonchev–Trinajstić information content (AvgIpc) is 2.66. The molecule has 0 bridgehead atoms. The predicted molar refractivity (Wildman–Crippen MR) is 107 cm³/mol. The van der Waals surface area contributed by atoms with Crippen LogP contribution in [-0.2, 0) is 32.3 Å². The minimum atomic E-state index is -0.149. The van der Waals surface area contributed by atoms with Crippen molar-refractivity contribution in [2.75, 3.05) is 0 Å². The van der Waals surface area contributed by atoms with Crippen LogP contribution in [0.25, 0.3) is 0 Å². The van der Waals surface area contributed by atoms with Crippen molar-refractivity contribution < 1.29 is 19.1 Å². The first-order chi connectivity index (χ1) is 12.9. The fourth-order valence-electron chi connectivity index (χ4n) is 2.03. The summed E-state index contributed by atoms with van der Waals surface area (Å²) in [5, 5.41) is 0. The van der Waals surface area contributed by atoms with E-state index in [4.69, 9.17) is 9.47 Å². The molecule has 0 aliphatic carbocycles. The molecule has 0 radical (unpaired) electrons. The van der Waals surface area contributed by atoms with E-state index in [2.05, 4.69) is 0 Å². The van der Waals surface area contributed by atoms with Gasteiger partial charge in [-0.3, -0.25) is 9.59 Å². The second-order valence-electron chi connectivity index (χ2n) is 6.99. The molecule has 0 heterocycles. The quantitative estimate of drug-likeness (QED) is 0.632. The zero-order valence-corrected chi connectivity index (χ0v) is 16.7. The third kappa shape index (κ3) is 10.9. The van der Waals surface area contributed by atoms with Crippen LogP contribution in [0.3, 0.4) is 0 Å². The molecular formula is C23H30O4. The summed E-state index contributed by atoms with van der Waals surface area (Å²) in [4.78, 5) is 22.3. The van der Waals surface area contributed by atoms with Crippen molar-refractivity contribution in [2.24, 2.45) is 11.8 Å². The highest BCUT2D eigenvalue weighted by Crippen LogP contribution is 2.05. The molecule has 4 heteroatoms. The molecule has 0 unspecified atom stereocenters. The van der Waals surface area contributed by atoms with Crippen LogP contribution in [0.1, 0.15) is 45.2 Å². The zero-order chi connectivity index (χ0) is 20.1. The minimum Gasteiger partial charge on any atom is -0.461 e. The molecule has 0 aliphatic rings. The molecule has 0 spiro atoms. The highest BCUT2D eigenvalue weighted by Gasteiger charge is 2.07. The van der Waals surface area contributed by atoms with E-state index in [9.17, 15) is 9.59 Å². The van der Waals surface area contributed by atoms with E-state index in [1.54, 1.807) is 0 Å². The van der Waals surface area contributed by atoms with Crippen molar-refractivity contribution in [3.05, 3.63) is 71.8 Å². The average molecular weight is 370 g/mol. The van der Waals surface area contributed by atoms with Gasteiger partial charge in [0.15, 0.2) is 0 Å². The Balaban J connectivity index is 0.000000271. The number of hydrogen-bond donors (Lipinski definition) is 0. The van der Waals surface area contributed by atoms with Crippen LogP contribution >= 0.6 is 0 Å². The Kier molecular flexibility index (Phi) is 10.5. The molecule has 0 N–H and O–H groups in total. The van der Waals surface area contributed by atoms with E-state index in [0.717, 1.165) is 11.1 Å². The molecule has 0 aliphatic heterocycles. The standard InChI is InChI=1S/C12H16O2.C11H14O2/c1-10(2)8-12(13)14-9-11-6-4-3-5-7-11;1-9(2)11(12)13-8-10-6-4-3-5-7-10/h3-7,10H,8-9H2,1-2H3;3-7,9H,8H2,1-2H3. The van der Waals surface area contributed by atoms with Crippen LogP contribution in [0.15, 0.2) is 60.7 Å². The summed E-state index contributed by atoms with van der Waals surface area (Å²) in [6.45, 7) is 8.42. The van der Waals surface area contributed by atoms with Gasteiger partial charge in [-0.15, -0.1) is 0 Å². The maximum absolute atomic E-state index is 11.2. The van der Waals surface area contributed by atoms with Gasteiger partial charge in [0.1, 0.15) is 13.2 Å². The van der Waals surface area contributed by atoms with E-state index in [1.165, 1.54) is 0 Å². The molecule has 0 saturated carbocycles. The fraction of sp³-hybridized carbons (Fsp3) is 0.391. The smallest absolute Gasteiger partial charge is 0.308 e. The number of carbonyl (C=O) groups excluding carboxylic acids is 2. The maximum Gasteiger partial charge on any atom is 0.308 e. The number of hydrogen-bond acceptors (Lipinski definition) is 4. The van der Waals surface area contributed by atoms with Gasteiger partial charge < -0.3 is 9.47 Å². The third-order valence-corrected chi connectivity index (χ3v) is 3.51. The molecule has 4 nitrogen and oxygen atoms in total. The zero-order valence-electron chi connectivity index (χ0n) is 16.7. The van der Waals surface area contributed by atoms with Crippen LogP contribution in [0.4, 0.5) is 0 Å². The summed E-state index contributed by atoms with van der Waals surface area (Å²) in [5.74, 6) is 0.0368. The minimum absolute atomic E-state index is 0.0521. The molecule has 0 fully saturated rings. The first kappa shape index (κ1) is 22.4. The summed E-state index contributed by atoms with van der Waals surface area (Å²) in [6, 6.07) is 19.4. The van der Waals surface area contributed by atoms with Crippen LogP contribution in [0, 0.1) is 11.8 Å². The largest absolute Gasteiger partial charge is 0.461 e. The molecule has 0 aromatic heterocycles. The van der Waals surface area contributed by atoms with Crippen LogP contribution in [0.5, 0.6) is 0 Å². The van der Waals surface area contributed by atoms with Crippen molar-refractivity contribution in [1.82, 2.24) is 0 Å². The van der Waals surface area contributed by atoms with Gasteiger partial charge in [-0.1, -0.05) is 88.4 Å². The fourth-order valence-corrected chi connectivity index (χ4v) is 2.03. The second kappa shape index (κ2) is 12.7. The Hall–Kier alpha value is -2.62. The third-order valence-electron chi connectivity index (χ3n) is 3.51. The van der Waals surface area contributed by atoms with Gasteiger partial charge in [-0.2, -0.15) is 0 Å². The van der Waals surface area contributed by atoms with Gasteiger partial charge in [-0.05, 0) is 17.0 Å². The Labute approximate surface area is 162 Å². The summed E-state index contributed by atoms with van der Waals surface area (Å²) in [7, 11) is 0. The first-order valence-electron chi connectivity index (χ1n) is 9.28. The molecule has 2 aromatic rings. The summed E-state index contributed by atoms with van der Waals surface area (Å²) in [5.41, 5.74) is 2.06. The highest BCUT2D eigenvalue weighted by atomic mass is 16.5. The van der Waals surface area contributed by atoms with Gasteiger partial charge >= 0.3 is 11.9 Å². The van der Waals surface area contributed by atoms with Crippen molar-refractivity contribution >= 4 is 11.9 Å². The van der Waals surface area contributed by atoms with Gasteiger partial charge in [0.25, 0.3) is 0 Å². The van der Waals surface area contributed by atoms with Gasteiger partial charge in [-0.25, -0.2) is 0 Å². The molecule has 27 heavy (non-hydrogen) atoms. The van der Waals surface area contributed by atoms with Crippen molar-refractivity contribution in [3.63, 3.8) is 0 Å². The van der Waals surface area contributed by atoms with E-state index in [0.29, 0.717) is 25.6 Å². The molecule has 0 saturated heterocycles. The van der Waals surface area contributed by atoms with Crippen molar-refractivity contribution in [1.29, 1.82) is 0 Å². The number of carbonyl (C=O) groups is 2. The van der Waals surface area contributed by atoms with E-state index < -0.39 is 0 Å². The highest BCUT2D eigenvalue weighted by molar-refractivity contribution is 5.71. The van der Waals surface area contributed by atoms with Crippen LogP contribution < -0.4 is 0 Å². The van der Waals surface area contributed by atoms with E-state index in [-0.39, 0.29) is 17.9 Å². The van der Waals surface area contributed by atoms with Crippen LogP contribution in [0.2, 0.25) is 0 Å². The Morgan fingerprint density at radius 3 is 1.59 bits per heavy atom. The number of rotatable bonds is 7. The Morgan fingerprint density at radius 2 is 1.19 bits per heavy atom. The number of esters is 2. The monoisotopic (exact) mass is 370 g/mol. The van der Waals surface area contributed by atoms with Gasteiger partial charge in [0, 0.05) is 6.42 Å². The molecule has 146 valence electrons. The summed E-state index contributed by atoms with van der Waals surface area (Å²) >= 11 is 0. The Bertz CT molecular complexity index is 663. The lowest BCUT2D eigenvalue weighted by Gasteiger charge is -2.06. The topological polar surface area (TPSA) is 52.6 Å². The van der Waals surface area contributed by atoms with Crippen LogP contribution in [-0.4, -0.2) is 11.9 Å². The lowest BCUT2D eigenvalue weighted by Crippen LogP contribution is -2.11. The van der Waals surface area contributed by atoms with E-state index >= 15 is 0 Å². The molecular weight excluding hydrogens is 340 g/mol. The van der Waals surface area contributed by atoms with Gasteiger partial charge in [0.2, 0.25) is 0 Å². The van der Waals surface area contributed by atoms with Crippen molar-refractivity contribution in [3.8, 4) is 0 Å². The lowest BCUT2D eigenvalue weighted by molar-refractivity contribution is -0.148. The summed E-state index contributed by atoms with van der Waals surface area (Å²) < 4.78 is 10.2.